The second-order valence-electron chi connectivity index (χ2n) is 9.25. The predicted molar refractivity (Wildman–Crippen MR) is 122 cm³/mol. The van der Waals surface area contributed by atoms with Gasteiger partial charge in [0.2, 0.25) is 11.8 Å². The second-order valence-corrected chi connectivity index (χ2v) is 9.25. The molecule has 0 aliphatic carbocycles. The lowest BCUT2D eigenvalue weighted by Crippen LogP contribution is -2.42. The lowest BCUT2D eigenvalue weighted by molar-refractivity contribution is -0.123. The summed E-state index contributed by atoms with van der Waals surface area (Å²) in [5, 5.41) is 6.32. The summed E-state index contributed by atoms with van der Waals surface area (Å²) in [7, 11) is 0. The van der Waals surface area contributed by atoms with E-state index in [9.17, 15) is 19.2 Å². The smallest absolute Gasteiger partial charge is 0.251 e. The van der Waals surface area contributed by atoms with Crippen molar-refractivity contribution in [2.75, 3.05) is 36.1 Å². The Morgan fingerprint density at radius 1 is 0.706 bits per heavy atom. The molecule has 4 atom stereocenters. The molecule has 10 heteroatoms. The van der Waals surface area contributed by atoms with Gasteiger partial charge in [-0.15, -0.1) is 0 Å². The van der Waals surface area contributed by atoms with E-state index in [-0.39, 0.29) is 48.7 Å². The minimum atomic E-state index is -0.575. The summed E-state index contributed by atoms with van der Waals surface area (Å²) in [5.41, 5.74) is 0.847. The largest absolute Gasteiger partial charge is 0.377 e. The summed E-state index contributed by atoms with van der Waals surface area (Å²) in [6.45, 7) is 2.54. The van der Waals surface area contributed by atoms with Crippen molar-refractivity contribution in [2.24, 2.45) is 0 Å². The summed E-state index contributed by atoms with van der Waals surface area (Å²) >= 11 is 0. The number of hydrogen-bond donors (Lipinski definition) is 2. The van der Waals surface area contributed by atoms with Crippen molar-refractivity contribution in [3.05, 3.63) is 24.3 Å². The van der Waals surface area contributed by atoms with Crippen LogP contribution in [0, 0.1) is 0 Å². The van der Waals surface area contributed by atoms with E-state index in [0.717, 1.165) is 48.7 Å². The molecule has 0 unspecified atom stereocenters. The van der Waals surface area contributed by atoms with E-state index in [1.165, 1.54) is 0 Å². The van der Waals surface area contributed by atoms with Crippen LogP contribution in [-0.2, 0) is 28.7 Å². The van der Waals surface area contributed by atoms with E-state index >= 15 is 0 Å². The number of carbonyl (C=O) groups is 4. The molecule has 4 aliphatic rings. The zero-order valence-corrected chi connectivity index (χ0v) is 19.0. The van der Waals surface area contributed by atoms with Crippen molar-refractivity contribution in [2.45, 2.75) is 62.8 Å². The predicted octanol–water partition coefficient (Wildman–Crippen LogP) is 0.488. The van der Waals surface area contributed by atoms with Crippen LogP contribution in [0.4, 0.5) is 11.4 Å². The lowest BCUT2D eigenvalue weighted by Gasteiger charge is -2.19. The number of nitrogens with zero attached hydrogens (tertiary/aromatic N) is 2. The van der Waals surface area contributed by atoms with Crippen LogP contribution in [0.2, 0.25) is 0 Å². The van der Waals surface area contributed by atoms with Crippen molar-refractivity contribution in [3.63, 3.8) is 0 Å². The highest BCUT2D eigenvalue weighted by Crippen LogP contribution is 2.29. The number of imide groups is 2. The van der Waals surface area contributed by atoms with Gasteiger partial charge in [-0.05, 0) is 49.9 Å². The van der Waals surface area contributed by atoms with Crippen LogP contribution in [0.25, 0.3) is 0 Å². The average Bonchev–Trinajstić information content (AvgIpc) is 3.61. The highest BCUT2D eigenvalue weighted by Gasteiger charge is 2.41. The van der Waals surface area contributed by atoms with E-state index in [0.29, 0.717) is 24.5 Å². The molecule has 0 radical (unpaired) electrons. The first-order valence-electron chi connectivity index (χ1n) is 12.0. The minimum absolute atomic E-state index is 0.0794. The lowest BCUT2D eigenvalue weighted by atomic mass is 10.2. The van der Waals surface area contributed by atoms with E-state index in [2.05, 4.69) is 10.6 Å². The van der Waals surface area contributed by atoms with Crippen LogP contribution in [0.3, 0.4) is 0 Å². The Bertz CT molecular complexity index is 878. The number of benzene rings is 1. The zero-order chi connectivity index (χ0) is 23.7. The summed E-state index contributed by atoms with van der Waals surface area (Å²) in [4.78, 5) is 53.2. The Hall–Kier alpha value is -2.66. The van der Waals surface area contributed by atoms with Gasteiger partial charge < -0.3 is 20.1 Å². The van der Waals surface area contributed by atoms with Crippen molar-refractivity contribution < 1.29 is 28.7 Å². The van der Waals surface area contributed by atoms with Gasteiger partial charge in [-0.3, -0.25) is 19.2 Å². The topological polar surface area (TPSA) is 117 Å². The summed E-state index contributed by atoms with van der Waals surface area (Å²) in [6.07, 6.45) is 4.26. The van der Waals surface area contributed by atoms with Crippen LogP contribution < -0.4 is 20.4 Å². The standard InChI is InChI=1S/C24H30N4O6/c29-21-11-19(25-13-17-3-1-9-33-17)23(31)27(21)15-5-7-16(8-6-15)28-22(30)12-20(24(28)32)26-14-18-4-2-10-34-18/h5-8,17-20,25-26H,1-4,9-14H2/t17-,18-,19-,20-/m0/s1. The van der Waals surface area contributed by atoms with Crippen LogP contribution >= 0.6 is 0 Å². The van der Waals surface area contributed by atoms with Gasteiger partial charge in [0.05, 0.1) is 48.5 Å². The average molecular weight is 471 g/mol. The molecule has 2 N–H and O–H groups in total. The van der Waals surface area contributed by atoms with Crippen LogP contribution in [0.15, 0.2) is 24.3 Å². The molecule has 5 rings (SSSR count). The molecule has 10 nitrogen and oxygen atoms in total. The molecule has 4 amide bonds. The van der Waals surface area contributed by atoms with Crippen molar-refractivity contribution in [3.8, 4) is 0 Å². The van der Waals surface area contributed by atoms with Crippen molar-refractivity contribution >= 4 is 35.0 Å². The Morgan fingerprint density at radius 2 is 1.12 bits per heavy atom. The Kier molecular flexibility index (Phi) is 6.73. The molecule has 1 aromatic carbocycles. The molecule has 0 bridgehead atoms. The van der Waals surface area contributed by atoms with E-state index in [4.69, 9.17) is 9.47 Å². The summed E-state index contributed by atoms with van der Waals surface area (Å²) in [5.74, 6) is -1.17. The monoisotopic (exact) mass is 470 g/mol. The third-order valence-corrected chi connectivity index (χ3v) is 6.89. The number of rotatable bonds is 8. The quantitative estimate of drug-likeness (QED) is 0.527. The summed E-state index contributed by atoms with van der Waals surface area (Å²) in [6, 6.07) is 5.24. The third-order valence-electron chi connectivity index (χ3n) is 6.89. The van der Waals surface area contributed by atoms with Crippen LogP contribution in [0.5, 0.6) is 0 Å². The fourth-order valence-electron chi connectivity index (χ4n) is 5.03. The van der Waals surface area contributed by atoms with Gasteiger partial charge in [-0.1, -0.05) is 0 Å². The molecule has 0 saturated carbocycles. The van der Waals surface area contributed by atoms with Crippen molar-refractivity contribution in [1.29, 1.82) is 0 Å². The Morgan fingerprint density at radius 3 is 1.47 bits per heavy atom. The maximum Gasteiger partial charge on any atom is 0.251 e. The highest BCUT2D eigenvalue weighted by molar-refractivity contribution is 6.24. The fourth-order valence-corrected chi connectivity index (χ4v) is 5.03. The molecule has 1 aromatic rings. The van der Waals surface area contributed by atoms with Crippen LogP contribution in [-0.4, -0.2) is 74.2 Å². The number of nitrogens with one attached hydrogen (secondary N) is 2. The normalized spacial score (nSPS) is 29.8. The number of carbonyl (C=O) groups excluding carboxylic acids is 4. The zero-order valence-electron chi connectivity index (χ0n) is 19.0. The van der Waals surface area contributed by atoms with E-state index in [1.807, 2.05) is 0 Å². The minimum Gasteiger partial charge on any atom is -0.377 e. The third kappa shape index (κ3) is 4.63. The second kappa shape index (κ2) is 9.91. The molecule has 0 spiro atoms. The molecule has 182 valence electrons. The van der Waals surface area contributed by atoms with Gasteiger partial charge >= 0.3 is 0 Å². The van der Waals surface area contributed by atoms with E-state index in [1.54, 1.807) is 24.3 Å². The SMILES string of the molecule is O=C1C[C@H](NC[C@@H]2CCCO2)C(=O)N1c1ccc(N2C(=O)C[C@H](NC[C@@H]3CCCO3)C2=O)cc1. The molecule has 0 aromatic heterocycles. The van der Waals surface area contributed by atoms with Crippen LogP contribution in [0.1, 0.15) is 38.5 Å². The van der Waals surface area contributed by atoms with Gasteiger partial charge in [-0.2, -0.15) is 0 Å². The first-order chi connectivity index (χ1) is 16.5. The fraction of sp³-hybridized carbons (Fsp3) is 0.583. The molecule has 4 saturated heterocycles. The summed E-state index contributed by atoms with van der Waals surface area (Å²) < 4.78 is 11.1. The number of ether oxygens (including phenoxy) is 2. The van der Waals surface area contributed by atoms with Gasteiger partial charge in [0.25, 0.3) is 11.8 Å². The molecular weight excluding hydrogens is 440 g/mol. The molecule has 34 heavy (non-hydrogen) atoms. The first-order valence-corrected chi connectivity index (χ1v) is 12.0. The molecular formula is C24H30N4O6. The maximum absolute atomic E-state index is 12.9. The van der Waals surface area contributed by atoms with Gasteiger partial charge in [0.15, 0.2) is 0 Å². The van der Waals surface area contributed by atoms with Crippen molar-refractivity contribution in [1.82, 2.24) is 10.6 Å². The highest BCUT2D eigenvalue weighted by atomic mass is 16.5. The Labute approximate surface area is 197 Å². The van der Waals surface area contributed by atoms with Gasteiger partial charge in [0, 0.05) is 26.3 Å². The number of hydrogen-bond acceptors (Lipinski definition) is 8. The molecule has 4 heterocycles. The molecule has 4 fully saturated rings. The number of amides is 4. The van der Waals surface area contributed by atoms with Gasteiger partial charge in [-0.25, -0.2) is 9.80 Å². The Balaban J connectivity index is 1.20. The molecule has 4 aliphatic heterocycles. The maximum atomic E-state index is 12.9. The van der Waals surface area contributed by atoms with E-state index < -0.39 is 12.1 Å². The first kappa shape index (κ1) is 23.1. The number of anilines is 2. The van der Waals surface area contributed by atoms with Gasteiger partial charge in [0.1, 0.15) is 0 Å².